The van der Waals surface area contributed by atoms with Gasteiger partial charge in [-0.3, -0.25) is 4.90 Å². The third kappa shape index (κ3) is 5.02. The molecule has 0 saturated heterocycles. The molecule has 0 aliphatic rings. The largest absolute Gasteiger partial charge is 0.435 e. The summed E-state index contributed by atoms with van der Waals surface area (Å²) in [7, 11) is 0. The molecule has 1 aromatic heterocycles. The van der Waals surface area contributed by atoms with Crippen LogP contribution in [0.1, 0.15) is 32.0 Å². The first-order valence-electron chi connectivity index (χ1n) is 9.85. The lowest BCUT2D eigenvalue weighted by molar-refractivity contribution is 0.102. The van der Waals surface area contributed by atoms with Crippen LogP contribution in [-0.2, 0) is 6.54 Å². The molecule has 0 spiro atoms. The van der Waals surface area contributed by atoms with E-state index in [4.69, 9.17) is 4.74 Å². The molecule has 1 atom stereocenters. The fourth-order valence-corrected chi connectivity index (χ4v) is 3.20. The topological polar surface area (TPSA) is 50.5 Å². The van der Waals surface area contributed by atoms with Crippen molar-refractivity contribution in [3.05, 3.63) is 71.7 Å². The van der Waals surface area contributed by atoms with Crippen molar-refractivity contribution in [3.63, 3.8) is 0 Å². The van der Waals surface area contributed by atoms with E-state index in [1.54, 1.807) is 29.8 Å². The number of para-hydroxylation sites is 2. The first-order valence-corrected chi connectivity index (χ1v) is 9.85. The molecule has 0 fully saturated rings. The first-order chi connectivity index (χ1) is 13.9. The van der Waals surface area contributed by atoms with E-state index in [0.29, 0.717) is 19.0 Å². The summed E-state index contributed by atoms with van der Waals surface area (Å²) in [6.45, 7) is 8.90. The Kier molecular flexibility index (Phi) is 6.67. The van der Waals surface area contributed by atoms with Crippen LogP contribution in [-0.4, -0.2) is 38.5 Å². The Labute approximate surface area is 171 Å². The number of nitrogens with zero attached hydrogens (tertiary/aromatic N) is 3. The van der Waals surface area contributed by atoms with Gasteiger partial charge >= 0.3 is 0 Å². The van der Waals surface area contributed by atoms with E-state index in [1.165, 1.54) is 6.07 Å². The standard InChI is InChI=1S/C23H28FN3O2/c1-16(2)26(14-17(3)28)15-20-18(4)25-27(19-10-6-5-7-11-19)23(20)29-22-13-9-8-12-21(22)24/h5-13,16-17,28H,14-15H2,1-4H3/t17-/m1/s1. The molecular formula is C23H28FN3O2. The maximum atomic E-state index is 14.3. The van der Waals surface area contributed by atoms with Crippen molar-refractivity contribution in [1.82, 2.24) is 14.7 Å². The molecule has 1 heterocycles. The normalized spacial score (nSPS) is 12.6. The van der Waals surface area contributed by atoms with Crippen LogP contribution >= 0.6 is 0 Å². The van der Waals surface area contributed by atoms with Gasteiger partial charge in [0.05, 0.1) is 23.0 Å². The van der Waals surface area contributed by atoms with Crippen LogP contribution in [0, 0.1) is 12.7 Å². The van der Waals surface area contributed by atoms with Gasteiger partial charge in [0.2, 0.25) is 5.88 Å². The highest BCUT2D eigenvalue weighted by Crippen LogP contribution is 2.33. The van der Waals surface area contributed by atoms with Crippen molar-refractivity contribution in [2.24, 2.45) is 0 Å². The van der Waals surface area contributed by atoms with Crippen LogP contribution in [0.5, 0.6) is 11.6 Å². The van der Waals surface area contributed by atoms with Crippen molar-refractivity contribution >= 4 is 0 Å². The number of aryl methyl sites for hydroxylation is 1. The average Bonchev–Trinajstić information content (AvgIpc) is 2.99. The Morgan fingerprint density at radius 2 is 1.72 bits per heavy atom. The number of aliphatic hydroxyl groups excluding tert-OH is 1. The summed E-state index contributed by atoms with van der Waals surface area (Å²) in [5.41, 5.74) is 2.50. The van der Waals surface area contributed by atoms with Gasteiger partial charge in [-0.05, 0) is 52.0 Å². The lowest BCUT2D eigenvalue weighted by atomic mass is 10.2. The lowest BCUT2D eigenvalue weighted by Crippen LogP contribution is -2.36. The van der Waals surface area contributed by atoms with Gasteiger partial charge < -0.3 is 9.84 Å². The molecule has 2 aromatic carbocycles. The molecule has 3 rings (SSSR count). The molecule has 5 nitrogen and oxygen atoms in total. The number of aliphatic hydroxyl groups is 1. The zero-order chi connectivity index (χ0) is 21.0. The Morgan fingerprint density at radius 1 is 1.07 bits per heavy atom. The molecule has 0 unspecified atom stereocenters. The van der Waals surface area contributed by atoms with Crippen LogP contribution in [0.15, 0.2) is 54.6 Å². The van der Waals surface area contributed by atoms with E-state index in [0.717, 1.165) is 16.9 Å². The van der Waals surface area contributed by atoms with E-state index in [9.17, 15) is 9.50 Å². The zero-order valence-corrected chi connectivity index (χ0v) is 17.3. The fourth-order valence-electron chi connectivity index (χ4n) is 3.20. The number of halogens is 1. The average molecular weight is 397 g/mol. The Balaban J connectivity index is 2.07. The minimum Gasteiger partial charge on any atom is -0.435 e. The molecular weight excluding hydrogens is 369 g/mol. The summed E-state index contributed by atoms with van der Waals surface area (Å²) in [6.07, 6.45) is -0.460. The molecule has 1 N–H and O–H groups in total. The van der Waals surface area contributed by atoms with Gasteiger partial charge in [0.15, 0.2) is 11.6 Å². The monoisotopic (exact) mass is 397 g/mol. The number of ether oxygens (including phenoxy) is 1. The van der Waals surface area contributed by atoms with E-state index in [1.807, 2.05) is 37.3 Å². The minimum atomic E-state index is -0.460. The van der Waals surface area contributed by atoms with Crippen molar-refractivity contribution < 1.29 is 14.2 Å². The smallest absolute Gasteiger partial charge is 0.227 e. The van der Waals surface area contributed by atoms with E-state index >= 15 is 0 Å². The van der Waals surface area contributed by atoms with E-state index < -0.39 is 11.9 Å². The predicted molar refractivity (Wildman–Crippen MR) is 112 cm³/mol. The van der Waals surface area contributed by atoms with Gasteiger partial charge in [0, 0.05) is 19.1 Å². The third-order valence-corrected chi connectivity index (χ3v) is 4.77. The molecule has 0 saturated carbocycles. The molecule has 0 aliphatic carbocycles. The van der Waals surface area contributed by atoms with Crippen molar-refractivity contribution in [2.75, 3.05) is 6.54 Å². The molecule has 3 aromatic rings. The maximum Gasteiger partial charge on any atom is 0.227 e. The van der Waals surface area contributed by atoms with Crippen molar-refractivity contribution in [3.8, 4) is 17.3 Å². The van der Waals surface area contributed by atoms with Gasteiger partial charge in [-0.1, -0.05) is 30.3 Å². The number of hydrogen-bond donors (Lipinski definition) is 1. The van der Waals surface area contributed by atoms with Crippen LogP contribution < -0.4 is 4.74 Å². The summed E-state index contributed by atoms with van der Waals surface area (Å²) >= 11 is 0. The van der Waals surface area contributed by atoms with Crippen LogP contribution in [0.25, 0.3) is 5.69 Å². The highest BCUT2D eigenvalue weighted by atomic mass is 19.1. The SMILES string of the molecule is Cc1nn(-c2ccccc2)c(Oc2ccccc2F)c1CN(C[C@@H](C)O)C(C)C. The van der Waals surface area contributed by atoms with Gasteiger partial charge in [-0.25, -0.2) is 9.07 Å². The predicted octanol–water partition coefficient (Wildman–Crippen LogP) is 4.70. The number of aromatic nitrogens is 2. The summed E-state index contributed by atoms with van der Waals surface area (Å²) in [4.78, 5) is 2.15. The first kappa shape index (κ1) is 21.0. The summed E-state index contributed by atoms with van der Waals surface area (Å²) < 4.78 is 22.1. The molecule has 29 heavy (non-hydrogen) atoms. The Morgan fingerprint density at radius 3 is 2.34 bits per heavy atom. The molecule has 0 bridgehead atoms. The summed E-state index contributed by atoms with van der Waals surface area (Å²) in [6, 6.07) is 16.2. The minimum absolute atomic E-state index is 0.150. The molecule has 0 aliphatic heterocycles. The third-order valence-electron chi connectivity index (χ3n) is 4.77. The summed E-state index contributed by atoms with van der Waals surface area (Å²) in [5.74, 6) is 0.203. The molecule has 0 radical (unpaired) electrons. The molecule has 6 heteroatoms. The van der Waals surface area contributed by atoms with Crippen LogP contribution in [0.2, 0.25) is 0 Å². The van der Waals surface area contributed by atoms with Gasteiger partial charge in [-0.2, -0.15) is 5.10 Å². The highest BCUT2D eigenvalue weighted by Gasteiger charge is 2.23. The summed E-state index contributed by atoms with van der Waals surface area (Å²) in [5, 5.41) is 14.6. The van der Waals surface area contributed by atoms with Crippen LogP contribution in [0.4, 0.5) is 4.39 Å². The Hall–Kier alpha value is -2.70. The fraction of sp³-hybridized carbons (Fsp3) is 0.348. The molecule has 154 valence electrons. The van der Waals surface area contributed by atoms with Crippen molar-refractivity contribution in [2.45, 2.75) is 46.4 Å². The second kappa shape index (κ2) is 9.20. The number of benzene rings is 2. The maximum absolute atomic E-state index is 14.3. The number of rotatable bonds is 8. The quantitative estimate of drug-likeness (QED) is 0.598. The van der Waals surface area contributed by atoms with Gasteiger partial charge in [0.1, 0.15) is 0 Å². The second-order valence-electron chi connectivity index (χ2n) is 7.52. The van der Waals surface area contributed by atoms with Gasteiger partial charge in [-0.15, -0.1) is 0 Å². The van der Waals surface area contributed by atoms with Gasteiger partial charge in [0.25, 0.3) is 0 Å². The molecule has 0 amide bonds. The van der Waals surface area contributed by atoms with E-state index in [-0.39, 0.29) is 11.8 Å². The zero-order valence-electron chi connectivity index (χ0n) is 17.3. The van der Waals surface area contributed by atoms with Crippen molar-refractivity contribution in [1.29, 1.82) is 0 Å². The highest BCUT2D eigenvalue weighted by molar-refractivity contribution is 5.43. The van der Waals surface area contributed by atoms with Crippen LogP contribution in [0.3, 0.4) is 0 Å². The lowest BCUT2D eigenvalue weighted by Gasteiger charge is -2.28. The Bertz CT molecular complexity index is 939. The second-order valence-corrected chi connectivity index (χ2v) is 7.52. The number of hydrogen-bond acceptors (Lipinski definition) is 4. The van der Waals surface area contributed by atoms with E-state index in [2.05, 4.69) is 23.8 Å².